The number of halogens is 3. The molecule has 0 aromatic carbocycles. The lowest BCUT2D eigenvalue weighted by Gasteiger charge is -2.33. The van der Waals surface area contributed by atoms with E-state index in [4.69, 9.17) is 4.74 Å². The molecule has 5 nitrogen and oxygen atoms in total. The number of rotatable bonds is 2. The molecule has 2 rings (SSSR count). The molecule has 0 bridgehead atoms. The number of hydrogen-bond acceptors (Lipinski definition) is 4. The number of carbonyl (C=O) groups excluding carboxylic acids is 2. The molecule has 25 heavy (non-hydrogen) atoms. The Bertz CT molecular complexity index is 646. The first kappa shape index (κ1) is 19.2. The molecule has 138 valence electrons. The van der Waals surface area contributed by atoms with Gasteiger partial charge in [0.15, 0.2) is 6.29 Å². The summed E-state index contributed by atoms with van der Waals surface area (Å²) in [6.45, 7) is 6.12. The van der Waals surface area contributed by atoms with Gasteiger partial charge in [0.2, 0.25) is 0 Å². The zero-order valence-corrected chi connectivity index (χ0v) is 14.4. The summed E-state index contributed by atoms with van der Waals surface area (Å²) in [5.41, 5.74) is -1.79. The number of aromatic nitrogens is 1. The Kier molecular flexibility index (Phi) is 5.39. The summed E-state index contributed by atoms with van der Waals surface area (Å²) in [5, 5.41) is 0. The van der Waals surface area contributed by atoms with Gasteiger partial charge < -0.3 is 9.64 Å². The van der Waals surface area contributed by atoms with E-state index in [1.165, 1.54) is 6.20 Å². The summed E-state index contributed by atoms with van der Waals surface area (Å²) in [6, 6.07) is 0.991. The highest BCUT2D eigenvalue weighted by Crippen LogP contribution is 2.35. The van der Waals surface area contributed by atoms with Crippen LogP contribution in [0.3, 0.4) is 0 Å². The van der Waals surface area contributed by atoms with E-state index in [1.807, 2.05) is 0 Å². The molecular weight excluding hydrogens is 337 g/mol. The molecule has 0 unspecified atom stereocenters. The highest BCUT2D eigenvalue weighted by molar-refractivity contribution is 5.74. The van der Waals surface area contributed by atoms with E-state index in [-0.39, 0.29) is 12.2 Å². The summed E-state index contributed by atoms with van der Waals surface area (Å²) >= 11 is 0. The Balaban J connectivity index is 2.08. The summed E-state index contributed by atoms with van der Waals surface area (Å²) in [5.74, 6) is -0.145. The van der Waals surface area contributed by atoms with Crippen LogP contribution >= 0.6 is 0 Å². The van der Waals surface area contributed by atoms with Crippen molar-refractivity contribution in [2.75, 3.05) is 13.1 Å². The maximum Gasteiger partial charge on any atom is 0.418 e. The maximum atomic E-state index is 13.0. The predicted octanol–water partition coefficient (Wildman–Crippen LogP) is 4.03. The molecule has 1 aromatic rings. The number of alkyl halides is 3. The van der Waals surface area contributed by atoms with Crippen LogP contribution in [0.15, 0.2) is 12.3 Å². The zero-order valence-electron chi connectivity index (χ0n) is 14.4. The number of carbonyl (C=O) groups is 2. The van der Waals surface area contributed by atoms with Crippen molar-refractivity contribution < 1.29 is 27.5 Å². The quantitative estimate of drug-likeness (QED) is 0.749. The van der Waals surface area contributed by atoms with Gasteiger partial charge >= 0.3 is 12.3 Å². The van der Waals surface area contributed by atoms with Crippen LogP contribution in [0.1, 0.15) is 61.1 Å². The molecule has 0 radical (unpaired) electrons. The van der Waals surface area contributed by atoms with Gasteiger partial charge in [-0.1, -0.05) is 0 Å². The van der Waals surface area contributed by atoms with Crippen molar-refractivity contribution in [1.29, 1.82) is 0 Å². The lowest BCUT2D eigenvalue weighted by atomic mass is 9.89. The Morgan fingerprint density at radius 2 is 1.88 bits per heavy atom. The van der Waals surface area contributed by atoms with E-state index in [0.29, 0.717) is 31.5 Å². The summed E-state index contributed by atoms with van der Waals surface area (Å²) in [6.07, 6.45) is -2.60. The molecule has 1 aromatic heterocycles. The van der Waals surface area contributed by atoms with E-state index in [1.54, 1.807) is 25.7 Å². The normalized spacial score (nSPS) is 16.6. The van der Waals surface area contributed by atoms with Crippen LogP contribution in [0.4, 0.5) is 18.0 Å². The fraction of sp³-hybridized carbons (Fsp3) is 0.588. The van der Waals surface area contributed by atoms with Crippen LogP contribution in [0, 0.1) is 0 Å². The summed E-state index contributed by atoms with van der Waals surface area (Å²) in [7, 11) is 0. The second-order valence-electron chi connectivity index (χ2n) is 7.06. The second kappa shape index (κ2) is 7.01. The SMILES string of the molecule is CC(C)(C)OC(=O)N1CCC(c2cnc(C=O)c(C(F)(F)F)c2)CC1. The Morgan fingerprint density at radius 3 is 2.36 bits per heavy atom. The monoisotopic (exact) mass is 358 g/mol. The first-order valence-corrected chi connectivity index (χ1v) is 8.01. The Labute approximate surface area is 144 Å². The highest BCUT2D eigenvalue weighted by atomic mass is 19.4. The molecule has 1 saturated heterocycles. The standard InChI is InChI=1S/C17H21F3N2O3/c1-16(2,3)25-15(24)22-6-4-11(5-7-22)12-8-13(17(18,19)20)14(10-23)21-9-12/h8-11H,4-7H2,1-3H3. The molecule has 0 saturated carbocycles. The van der Waals surface area contributed by atoms with Crippen LogP contribution in [0.5, 0.6) is 0 Å². The molecule has 2 heterocycles. The van der Waals surface area contributed by atoms with E-state index in [2.05, 4.69) is 4.98 Å². The largest absolute Gasteiger partial charge is 0.444 e. The number of piperidine rings is 1. The van der Waals surface area contributed by atoms with Crippen molar-refractivity contribution in [3.8, 4) is 0 Å². The van der Waals surface area contributed by atoms with Crippen molar-refractivity contribution in [2.24, 2.45) is 0 Å². The highest BCUT2D eigenvalue weighted by Gasteiger charge is 2.35. The van der Waals surface area contributed by atoms with Crippen molar-refractivity contribution in [2.45, 2.75) is 51.3 Å². The first-order valence-electron chi connectivity index (χ1n) is 8.01. The number of aldehydes is 1. The zero-order chi connectivity index (χ0) is 18.8. The number of ether oxygens (including phenoxy) is 1. The predicted molar refractivity (Wildman–Crippen MR) is 84.4 cm³/mol. The summed E-state index contributed by atoms with van der Waals surface area (Å²) < 4.78 is 44.4. The number of likely N-dealkylation sites (tertiary alicyclic amines) is 1. The summed E-state index contributed by atoms with van der Waals surface area (Å²) in [4.78, 5) is 28.0. The molecule has 1 amide bonds. The molecule has 0 spiro atoms. The molecule has 1 aliphatic rings. The third-order valence-electron chi connectivity index (χ3n) is 3.97. The van der Waals surface area contributed by atoms with Gasteiger partial charge in [0, 0.05) is 19.3 Å². The molecule has 0 atom stereocenters. The van der Waals surface area contributed by atoms with Crippen molar-refractivity contribution in [3.05, 3.63) is 29.1 Å². The van der Waals surface area contributed by atoms with Gasteiger partial charge in [-0.3, -0.25) is 9.78 Å². The van der Waals surface area contributed by atoms with E-state index in [9.17, 15) is 22.8 Å². The van der Waals surface area contributed by atoms with E-state index in [0.717, 1.165) is 6.07 Å². The average Bonchev–Trinajstić information content (AvgIpc) is 2.52. The van der Waals surface area contributed by atoms with Gasteiger partial charge in [-0.15, -0.1) is 0 Å². The van der Waals surface area contributed by atoms with Crippen LogP contribution in [-0.4, -0.2) is 41.0 Å². The molecule has 1 aliphatic heterocycles. The molecule has 1 fully saturated rings. The molecular formula is C17H21F3N2O3. The average molecular weight is 358 g/mol. The third kappa shape index (κ3) is 4.93. The second-order valence-corrected chi connectivity index (χ2v) is 7.06. The number of pyridine rings is 1. The number of hydrogen-bond donors (Lipinski definition) is 0. The lowest BCUT2D eigenvalue weighted by Crippen LogP contribution is -2.41. The van der Waals surface area contributed by atoms with Gasteiger partial charge in [-0.25, -0.2) is 4.79 Å². The Morgan fingerprint density at radius 1 is 1.28 bits per heavy atom. The van der Waals surface area contributed by atoms with Crippen molar-refractivity contribution >= 4 is 12.4 Å². The number of amides is 1. The minimum absolute atomic E-state index is 0.109. The van der Waals surface area contributed by atoms with E-state index < -0.39 is 29.1 Å². The van der Waals surface area contributed by atoms with Gasteiger partial charge in [0.05, 0.1) is 5.56 Å². The fourth-order valence-corrected chi connectivity index (χ4v) is 2.76. The smallest absolute Gasteiger partial charge is 0.418 e. The third-order valence-corrected chi connectivity index (χ3v) is 3.97. The topological polar surface area (TPSA) is 59.5 Å². The van der Waals surface area contributed by atoms with Crippen LogP contribution < -0.4 is 0 Å². The van der Waals surface area contributed by atoms with Crippen molar-refractivity contribution in [1.82, 2.24) is 9.88 Å². The van der Waals surface area contributed by atoms with Gasteiger partial charge in [0.1, 0.15) is 11.3 Å². The molecule has 8 heteroatoms. The van der Waals surface area contributed by atoms with Crippen LogP contribution in [-0.2, 0) is 10.9 Å². The van der Waals surface area contributed by atoms with Gasteiger partial charge in [0.25, 0.3) is 0 Å². The molecule has 0 N–H and O–H groups in total. The van der Waals surface area contributed by atoms with Crippen molar-refractivity contribution in [3.63, 3.8) is 0 Å². The van der Waals surface area contributed by atoms with E-state index >= 15 is 0 Å². The lowest BCUT2D eigenvalue weighted by molar-refractivity contribution is -0.138. The van der Waals surface area contributed by atoms with Gasteiger partial charge in [-0.05, 0) is 51.2 Å². The van der Waals surface area contributed by atoms with Crippen LogP contribution in [0.2, 0.25) is 0 Å². The maximum absolute atomic E-state index is 13.0. The van der Waals surface area contributed by atoms with Gasteiger partial charge in [-0.2, -0.15) is 13.2 Å². The minimum Gasteiger partial charge on any atom is -0.444 e. The van der Waals surface area contributed by atoms with Crippen LogP contribution in [0.25, 0.3) is 0 Å². The Hall–Kier alpha value is -2.12. The number of nitrogens with zero attached hydrogens (tertiary/aromatic N) is 2. The minimum atomic E-state index is -4.63. The fourth-order valence-electron chi connectivity index (χ4n) is 2.76. The molecule has 0 aliphatic carbocycles. The first-order chi connectivity index (χ1) is 11.5.